The molecule has 5 nitrogen and oxygen atoms in total. The van der Waals surface area contributed by atoms with Crippen LogP contribution < -0.4 is 4.90 Å². The highest BCUT2D eigenvalue weighted by Gasteiger charge is 2.35. The molecule has 2 aromatic heterocycles. The fraction of sp³-hybridized carbons (Fsp3) is 0.500. The number of hydrogen-bond acceptors (Lipinski definition) is 5. The highest BCUT2D eigenvalue weighted by molar-refractivity contribution is 5.54. The molecule has 0 aromatic carbocycles. The summed E-state index contributed by atoms with van der Waals surface area (Å²) in [7, 11) is 0. The van der Waals surface area contributed by atoms with E-state index in [-0.39, 0.29) is 6.04 Å². The van der Waals surface area contributed by atoms with E-state index in [9.17, 15) is 13.2 Å². The van der Waals surface area contributed by atoms with E-state index in [1.807, 2.05) is 43.0 Å². The van der Waals surface area contributed by atoms with Crippen LogP contribution in [0.3, 0.4) is 0 Å². The zero-order valence-electron chi connectivity index (χ0n) is 14.9. The molecule has 0 saturated carbocycles. The molecule has 1 unspecified atom stereocenters. The van der Waals surface area contributed by atoms with Crippen molar-refractivity contribution in [3.05, 3.63) is 36.2 Å². The van der Waals surface area contributed by atoms with Crippen molar-refractivity contribution in [2.24, 2.45) is 0 Å². The summed E-state index contributed by atoms with van der Waals surface area (Å²) >= 11 is 0. The molecule has 1 aliphatic rings. The minimum Gasteiger partial charge on any atom is -0.354 e. The first-order valence-electron chi connectivity index (χ1n) is 8.71. The van der Waals surface area contributed by atoms with Crippen LogP contribution in [0.15, 0.2) is 30.5 Å². The molecule has 1 fully saturated rings. The van der Waals surface area contributed by atoms with E-state index in [4.69, 9.17) is 0 Å². The molecule has 1 atom stereocenters. The number of anilines is 1. The number of pyridine rings is 1. The Balaban J connectivity index is 1.81. The summed E-state index contributed by atoms with van der Waals surface area (Å²) in [6, 6.07) is 7.27. The Morgan fingerprint density at radius 3 is 2.62 bits per heavy atom. The van der Waals surface area contributed by atoms with Gasteiger partial charge in [0.1, 0.15) is 11.5 Å². The normalized spacial score (nSPS) is 19.0. The van der Waals surface area contributed by atoms with Crippen molar-refractivity contribution in [1.82, 2.24) is 19.9 Å². The van der Waals surface area contributed by atoms with E-state index in [0.717, 1.165) is 17.9 Å². The van der Waals surface area contributed by atoms with Gasteiger partial charge in [-0.05, 0) is 25.5 Å². The Labute approximate surface area is 150 Å². The minimum absolute atomic E-state index is 0.205. The summed E-state index contributed by atoms with van der Waals surface area (Å²) in [6.45, 7) is 4.31. The predicted molar refractivity (Wildman–Crippen MR) is 93.9 cm³/mol. The summed E-state index contributed by atoms with van der Waals surface area (Å²) < 4.78 is 38.1. The molecule has 0 radical (unpaired) electrons. The van der Waals surface area contributed by atoms with Crippen molar-refractivity contribution in [2.75, 3.05) is 31.1 Å². The molecule has 0 spiro atoms. The van der Waals surface area contributed by atoms with E-state index in [0.29, 0.717) is 31.2 Å². The van der Waals surface area contributed by atoms with Gasteiger partial charge < -0.3 is 4.90 Å². The van der Waals surface area contributed by atoms with Crippen molar-refractivity contribution in [1.29, 1.82) is 0 Å². The van der Waals surface area contributed by atoms with Gasteiger partial charge in [-0.1, -0.05) is 13.0 Å². The van der Waals surface area contributed by atoms with E-state index >= 15 is 0 Å². The molecule has 140 valence electrons. The third kappa shape index (κ3) is 4.49. The first-order valence-corrected chi connectivity index (χ1v) is 8.71. The molecule has 26 heavy (non-hydrogen) atoms. The van der Waals surface area contributed by atoms with Crippen LogP contribution in [0.5, 0.6) is 0 Å². The number of hydrogen-bond donors (Lipinski definition) is 0. The van der Waals surface area contributed by atoms with Gasteiger partial charge in [0.2, 0.25) is 0 Å². The molecule has 0 N–H and O–H groups in total. The highest BCUT2D eigenvalue weighted by Crippen LogP contribution is 2.24. The molecule has 0 aliphatic carbocycles. The highest BCUT2D eigenvalue weighted by atomic mass is 19.4. The quantitative estimate of drug-likeness (QED) is 0.833. The number of aryl methyl sites for hydroxylation is 1. The van der Waals surface area contributed by atoms with E-state index in [2.05, 4.69) is 15.0 Å². The van der Waals surface area contributed by atoms with Crippen LogP contribution in [-0.4, -0.2) is 58.2 Å². The molecule has 0 bridgehead atoms. The molecule has 0 amide bonds. The molecule has 1 aliphatic heterocycles. The number of aromatic nitrogens is 3. The Bertz CT molecular complexity index is 735. The van der Waals surface area contributed by atoms with Crippen molar-refractivity contribution in [2.45, 2.75) is 32.5 Å². The van der Waals surface area contributed by atoms with E-state index in [1.54, 1.807) is 6.20 Å². The predicted octanol–water partition coefficient (Wildman–Crippen LogP) is 3.17. The second-order valence-corrected chi connectivity index (χ2v) is 6.49. The molecule has 8 heteroatoms. The van der Waals surface area contributed by atoms with Crippen LogP contribution in [0.1, 0.15) is 19.5 Å². The van der Waals surface area contributed by atoms with E-state index in [1.165, 1.54) is 4.90 Å². The van der Waals surface area contributed by atoms with Gasteiger partial charge in [-0.2, -0.15) is 13.2 Å². The molecule has 3 heterocycles. The van der Waals surface area contributed by atoms with Crippen LogP contribution in [0.25, 0.3) is 11.5 Å². The molecule has 3 rings (SSSR count). The van der Waals surface area contributed by atoms with E-state index < -0.39 is 12.7 Å². The van der Waals surface area contributed by atoms with Gasteiger partial charge in [0.15, 0.2) is 5.82 Å². The molecule has 1 saturated heterocycles. The van der Waals surface area contributed by atoms with Gasteiger partial charge in [-0.3, -0.25) is 9.88 Å². The van der Waals surface area contributed by atoms with Crippen molar-refractivity contribution in [3.63, 3.8) is 0 Å². The summed E-state index contributed by atoms with van der Waals surface area (Å²) in [4.78, 5) is 17.0. The van der Waals surface area contributed by atoms with Crippen LogP contribution in [0.4, 0.5) is 19.0 Å². The maximum Gasteiger partial charge on any atom is 0.401 e. The SMILES string of the molecule is CCc1cc(N2CCN(CC(F)(F)F)C(C)C2)nc(-c2ccccn2)n1. The zero-order chi connectivity index (χ0) is 18.7. The maximum absolute atomic E-state index is 12.7. The van der Waals surface area contributed by atoms with Gasteiger partial charge in [-0.25, -0.2) is 9.97 Å². The second kappa shape index (κ2) is 7.57. The number of rotatable bonds is 4. The Hall–Kier alpha value is -2.22. The van der Waals surface area contributed by atoms with Gasteiger partial charge in [0, 0.05) is 43.6 Å². The van der Waals surface area contributed by atoms with Crippen LogP contribution in [0.2, 0.25) is 0 Å². The van der Waals surface area contributed by atoms with Crippen LogP contribution in [-0.2, 0) is 6.42 Å². The van der Waals surface area contributed by atoms with Crippen LogP contribution >= 0.6 is 0 Å². The lowest BCUT2D eigenvalue weighted by Crippen LogP contribution is -2.54. The standard InChI is InChI=1S/C18H22F3N5/c1-3-14-10-16(24-17(23-14)15-6-4-5-7-22-15)25-8-9-26(13(2)11-25)12-18(19,20)21/h4-7,10,13H,3,8-9,11-12H2,1-2H3. The molecule has 2 aromatic rings. The largest absolute Gasteiger partial charge is 0.401 e. The monoisotopic (exact) mass is 365 g/mol. The fourth-order valence-electron chi connectivity index (χ4n) is 3.10. The third-order valence-electron chi connectivity index (χ3n) is 4.49. The average Bonchev–Trinajstić information content (AvgIpc) is 2.62. The third-order valence-corrected chi connectivity index (χ3v) is 4.49. The lowest BCUT2D eigenvalue weighted by molar-refractivity contribution is -0.150. The smallest absolute Gasteiger partial charge is 0.354 e. The van der Waals surface area contributed by atoms with Crippen molar-refractivity contribution >= 4 is 5.82 Å². The Morgan fingerprint density at radius 1 is 1.19 bits per heavy atom. The number of nitrogens with zero attached hydrogens (tertiary/aromatic N) is 5. The van der Waals surface area contributed by atoms with Gasteiger partial charge in [-0.15, -0.1) is 0 Å². The first kappa shape index (κ1) is 18.6. The topological polar surface area (TPSA) is 45.2 Å². The summed E-state index contributed by atoms with van der Waals surface area (Å²) in [6.07, 6.45) is -1.74. The van der Waals surface area contributed by atoms with Crippen molar-refractivity contribution in [3.8, 4) is 11.5 Å². The summed E-state index contributed by atoms with van der Waals surface area (Å²) in [5, 5.41) is 0. The lowest BCUT2D eigenvalue weighted by Gasteiger charge is -2.40. The maximum atomic E-state index is 12.7. The van der Waals surface area contributed by atoms with Crippen LogP contribution in [0, 0.1) is 0 Å². The molecular formula is C18H22F3N5. The lowest BCUT2D eigenvalue weighted by atomic mass is 10.2. The Kier molecular flexibility index (Phi) is 5.41. The fourth-order valence-corrected chi connectivity index (χ4v) is 3.10. The summed E-state index contributed by atoms with van der Waals surface area (Å²) in [5.74, 6) is 1.29. The summed E-state index contributed by atoms with van der Waals surface area (Å²) in [5.41, 5.74) is 1.58. The number of piperazine rings is 1. The average molecular weight is 365 g/mol. The number of halogens is 3. The Morgan fingerprint density at radius 2 is 2.00 bits per heavy atom. The zero-order valence-corrected chi connectivity index (χ0v) is 14.9. The van der Waals surface area contributed by atoms with Gasteiger partial charge in [0.05, 0.1) is 6.54 Å². The van der Waals surface area contributed by atoms with Gasteiger partial charge in [0.25, 0.3) is 0 Å². The van der Waals surface area contributed by atoms with Gasteiger partial charge >= 0.3 is 6.18 Å². The minimum atomic E-state index is -4.17. The first-order chi connectivity index (χ1) is 12.4. The number of alkyl halides is 3. The second-order valence-electron chi connectivity index (χ2n) is 6.49. The molecular weight excluding hydrogens is 343 g/mol. The van der Waals surface area contributed by atoms with Crippen molar-refractivity contribution < 1.29 is 13.2 Å².